The van der Waals surface area contributed by atoms with E-state index in [0.29, 0.717) is 5.56 Å². The molecule has 0 fully saturated rings. The first-order valence-corrected chi connectivity index (χ1v) is 7.01. The molecule has 2 rings (SSSR count). The molecule has 0 saturated heterocycles. The van der Waals surface area contributed by atoms with E-state index in [4.69, 9.17) is 4.74 Å². The third-order valence-corrected chi connectivity index (χ3v) is 3.39. The molecule has 1 heterocycles. The minimum absolute atomic E-state index is 0.0629. The number of amides is 2. The van der Waals surface area contributed by atoms with Crippen molar-refractivity contribution >= 4 is 12.0 Å². The van der Waals surface area contributed by atoms with E-state index in [1.165, 1.54) is 32.2 Å². The van der Waals surface area contributed by atoms with Crippen molar-refractivity contribution in [3.63, 3.8) is 0 Å². The third kappa shape index (κ3) is 4.34. The number of carbonyl (C=O) groups is 2. The lowest BCUT2D eigenvalue weighted by molar-refractivity contribution is -0.183. The maximum atomic E-state index is 12.3. The number of halogens is 3. The Morgan fingerprint density at radius 2 is 2.04 bits per heavy atom. The number of nitrogens with one attached hydrogen (secondary N) is 2. The van der Waals surface area contributed by atoms with Gasteiger partial charge in [-0.2, -0.15) is 13.2 Å². The summed E-state index contributed by atoms with van der Waals surface area (Å²) < 4.78 is 46.1. The Labute approximate surface area is 140 Å². The van der Waals surface area contributed by atoms with E-state index in [0.717, 1.165) is 0 Å². The highest BCUT2D eigenvalue weighted by Gasteiger charge is 2.35. The number of phenolic OH excluding ortho intramolecular Hbond substituents is 1. The van der Waals surface area contributed by atoms with E-state index in [9.17, 15) is 27.9 Å². The van der Waals surface area contributed by atoms with Crippen LogP contribution < -0.4 is 15.4 Å². The molecule has 1 unspecified atom stereocenters. The number of hydrogen-bond donors (Lipinski definition) is 3. The second kappa shape index (κ2) is 6.91. The van der Waals surface area contributed by atoms with Crippen molar-refractivity contribution in [1.29, 1.82) is 0 Å². The highest BCUT2D eigenvalue weighted by Crippen LogP contribution is 2.34. The van der Waals surface area contributed by atoms with Crippen molar-refractivity contribution in [2.45, 2.75) is 19.1 Å². The van der Waals surface area contributed by atoms with Crippen molar-refractivity contribution in [2.24, 2.45) is 0 Å². The van der Waals surface area contributed by atoms with Crippen molar-refractivity contribution in [2.75, 3.05) is 13.7 Å². The van der Waals surface area contributed by atoms with E-state index >= 15 is 0 Å². The summed E-state index contributed by atoms with van der Waals surface area (Å²) in [6, 6.07) is 2.33. The lowest BCUT2D eigenvalue weighted by Crippen LogP contribution is -2.45. The maximum Gasteiger partial charge on any atom is 0.422 e. The molecule has 0 aliphatic carbocycles. The zero-order valence-corrected chi connectivity index (χ0v) is 13.2. The quantitative estimate of drug-likeness (QED) is 0.715. The lowest BCUT2D eigenvalue weighted by Gasteiger charge is -2.28. The van der Waals surface area contributed by atoms with Crippen LogP contribution >= 0.6 is 0 Å². The molecular formula is C15H15F3N2O5. The van der Waals surface area contributed by atoms with Gasteiger partial charge in [0.25, 0.3) is 0 Å². The summed E-state index contributed by atoms with van der Waals surface area (Å²) >= 11 is 0. The van der Waals surface area contributed by atoms with Crippen molar-refractivity contribution in [1.82, 2.24) is 10.6 Å². The van der Waals surface area contributed by atoms with Gasteiger partial charge in [0.15, 0.2) is 18.1 Å². The Morgan fingerprint density at radius 1 is 1.36 bits per heavy atom. The summed E-state index contributed by atoms with van der Waals surface area (Å²) in [6.07, 6.45) is -4.67. The summed E-state index contributed by atoms with van der Waals surface area (Å²) in [5.41, 5.74) is 0.201. The fraction of sp³-hybridized carbons (Fsp3) is 0.333. The van der Waals surface area contributed by atoms with Crippen LogP contribution in [0.4, 0.5) is 18.0 Å². The Bertz CT molecular complexity index is 730. The van der Waals surface area contributed by atoms with Gasteiger partial charge in [-0.1, -0.05) is 6.07 Å². The summed E-state index contributed by atoms with van der Waals surface area (Å²) in [6.45, 7) is -0.379. The van der Waals surface area contributed by atoms with E-state index in [-0.39, 0.29) is 22.8 Å². The van der Waals surface area contributed by atoms with Gasteiger partial charge in [0.05, 0.1) is 18.7 Å². The fourth-order valence-corrected chi connectivity index (χ4v) is 2.31. The van der Waals surface area contributed by atoms with Gasteiger partial charge in [-0.05, 0) is 24.6 Å². The molecule has 25 heavy (non-hydrogen) atoms. The number of allylic oxidation sites excluding steroid dienone is 1. The number of carbonyl (C=O) groups excluding carboxylic acids is 2. The number of rotatable bonds is 4. The Hall–Kier alpha value is -2.91. The number of esters is 1. The minimum Gasteiger partial charge on any atom is -0.504 e. The van der Waals surface area contributed by atoms with Gasteiger partial charge in [-0.25, -0.2) is 9.59 Å². The van der Waals surface area contributed by atoms with Crippen LogP contribution in [0.25, 0.3) is 0 Å². The molecule has 3 N–H and O–H groups in total. The number of phenols is 1. The van der Waals surface area contributed by atoms with E-state index in [1.807, 2.05) is 0 Å². The largest absolute Gasteiger partial charge is 0.504 e. The molecule has 0 radical (unpaired) electrons. The number of ether oxygens (including phenoxy) is 2. The molecule has 1 atom stereocenters. The van der Waals surface area contributed by atoms with Crippen molar-refractivity contribution in [3.05, 3.63) is 35.0 Å². The van der Waals surface area contributed by atoms with Crippen LogP contribution in [0, 0.1) is 0 Å². The van der Waals surface area contributed by atoms with Crippen LogP contribution in [0.2, 0.25) is 0 Å². The van der Waals surface area contributed by atoms with Crippen LogP contribution in [-0.2, 0) is 9.53 Å². The Kier molecular flexibility index (Phi) is 5.10. The summed E-state index contributed by atoms with van der Waals surface area (Å²) in [5, 5.41) is 14.4. The van der Waals surface area contributed by atoms with Crippen LogP contribution in [0.15, 0.2) is 29.5 Å². The molecule has 1 aromatic rings. The molecule has 1 aliphatic rings. The van der Waals surface area contributed by atoms with Crippen LogP contribution in [0.5, 0.6) is 11.5 Å². The van der Waals surface area contributed by atoms with Crippen molar-refractivity contribution < 1.29 is 37.3 Å². The first-order valence-electron chi connectivity index (χ1n) is 7.01. The van der Waals surface area contributed by atoms with Crippen LogP contribution in [-0.4, -0.2) is 37.0 Å². The second-order valence-electron chi connectivity index (χ2n) is 5.19. The third-order valence-electron chi connectivity index (χ3n) is 3.39. The average Bonchev–Trinajstić information content (AvgIpc) is 2.51. The number of benzene rings is 1. The molecule has 136 valence electrons. The molecule has 1 aliphatic heterocycles. The number of hydrogen-bond acceptors (Lipinski definition) is 5. The van der Waals surface area contributed by atoms with Gasteiger partial charge in [0.2, 0.25) is 0 Å². The van der Waals surface area contributed by atoms with Gasteiger partial charge in [-0.3, -0.25) is 0 Å². The predicted molar refractivity (Wildman–Crippen MR) is 78.8 cm³/mol. The van der Waals surface area contributed by atoms with Gasteiger partial charge in [0.1, 0.15) is 0 Å². The first kappa shape index (κ1) is 18.4. The number of urea groups is 1. The van der Waals surface area contributed by atoms with E-state index in [2.05, 4.69) is 15.4 Å². The molecule has 0 aromatic heterocycles. The van der Waals surface area contributed by atoms with Crippen LogP contribution in [0.3, 0.4) is 0 Å². The van der Waals surface area contributed by atoms with E-state index in [1.54, 1.807) is 0 Å². The number of methoxy groups -OCH3 is 1. The highest BCUT2D eigenvalue weighted by atomic mass is 19.4. The molecule has 1 aromatic carbocycles. The van der Waals surface area contributed by atoms with Gasteiger partial charge in [-0.15, -0.1) is 0 Å². The van der Waals surface area contributed by atoms with Gasteiger partial charge < -0.3 is 25.2 Å². The molecular weight excluding hydrogens is 345 g/mol. The fourth-order valence-electron chi connectivity index (χ4n) is 2.31. The zero-order valence-electron chi connectivity index (χ0n) is 13.2. The summed E-state index contributed by atoms with van der Waals surface area (Å²) in [4.78, 5) is 23.8. The topological polar surface area (TPSA) is 96.9 Å². The van der Waals surface area contributed by atoms with E-state index < -0.39 is 30.8 Å². The summed E-state index contributed by atoms with van der Waals surface area (Å²) in [5.74, 6) is -1.32. The second-order valence-corrected chi connectivity index (χ2v) is 5.19. The van der Waals surface area contributed by atoms with Gasteiger partial charge in [0, 0.05) is 5.70 Å². The summed E-state index contributed by atoms with van der Waals surface area (Å²) in [7, 11) is 1.30. The molecule has 0 bridgehead atoms. The smallest absolute Gasteiger partial charge is 0.422 e. The lowest BCUT2D eigenvalue weighted by atomic mass is 9.95. The Morgan fingerprint density at radius 3 is 2.64 bits per heavy atom. The maximum absolute atomic E-state index is 12.3. The Balaban J connectivity index is 2.38. The molecule has 7 nitrogen and oxygen atoms in total. The number of aromatic hydroxyl groups is 1. The molecule has 2 amide bonds. The zero-order chi connectivity index (χ0) is 18.8. The number of alkyl halides is 3. The van der Waals surface area contributed by atoms with Crippen LogP contribution in [0.1, 0.15) is 18.5 Å². The normalized spacial score (nSPS) is 17.6. The van der Waals surface area contributed by atoms with Crippen molar-refractivity contribution in [3.8, 4) is 11.5 Å². The SMILES string of the molecule is COc1cc(C2NC(=O)NC(C)=C2C(=O)OCC(F)(F)F)ccc1O. The first-order chi connectivity index (χ1) is 11.6. The predicted octanol–water partition coefficient (Wildman–Crippen LogP) is 2.13. The standard InChI is InChI=1S/C15H15F3N2O5/c1-7-11(13(22)25-6-15(16,17)18)12(20-14(23)19-7)8-3-4-9(21)10(5-8)24-2/h3-5,12,21H,6H2,1-2H3,(H2,19,20,23). The monoisotopic (exact) mass is 360 g/mol. The molecule has 0 spiro atoms. The minimum atomic E-state index is -4.67. The average molecular weight is 360 g/mol. The molecule has 0 saturated carbocycles. The van der Waals surface area contributed by atoms with Gasteiger partial charge >= 0.3 is 18.2 Å². The molecule has 10 heteroatoms. The highest BCUT2D eigenvalue weighted by molar-refractivity contribution is 5.95.